The molecule has 1 aromatic heterocycles. The lowest BCUT2D eigenvalue weighted by Gasteiger charge is -2.15. The average Bonchev–Trinajstić information content (AvgIpc) is 3.12. The van der Waals surface area contributed by atoms with E-state index in [1.165, 1.54) is 24.5 Å². The van der Waals surface area contributed by atoms with Crippen molar-refractivity contribution >= 4 is 17.5 Å². The quantitative estimate of drug-likeness (QED) is 0.941. The summed E-state index contributed by atoms with van der Waals surface area (Å²) in [5, 5.41) is 2.45. The number of anilines is 1. The van der Waals surface area contributed by atoms with Gasteiger partial charge in [-0.05, 0) is 31.0 Å². The van der Waals surface area contributed by atoms with Gasteiger partial charge in [-0.1, -0.05) is 0 Å². The molecule has 5 nitrogen and oxygen atoms in total. The number of nitrogens with one attached hydrogen (secondary N) is 1. The largest absolute Gasteiger partial charge is 0.339 e. The van der Waals surface area contributed by atoms with Crippen LogP contribution in [-0.4, -0.2) is 34.8 Å². The van der Waals surface area contributed by atoms with Gasteiger partial charge >= 0.3 is 0 Å². The standard InChI is InChI=1S/C17H15F2N3O2/c18-14-4-3-13(8-15(14)19)21-16(23)11-7-12(10-20-9-11)17(24)22-5-1-2-6-22/h3-4,7-10H,1-2,5-6H2,(H,21,23). The van der Waals surface area contributed by atoms with Crippen LogP contribution in [0.2, 0.25) is 0 Å². The predicted octanol–water partition coefficient (Wildman–Crippen LogP) is 2.85. The van der Waals surface area contributed by atoms with Gasteiger partial charge in [0.15, 0.2) is 11.6 Å². The molecule has 0 bridgehead atoms. The highest BCUT2D eigenvalue weighted by molar-refractivity contribution is 6.05. The maximum Gasteiger partial charge on any atom is 0.257 e. The molecule has 1 saturated heterocycles. The fourth-order valence-corrected chi connectivity index (χ4v) is 2.56. The number of hydrogen-bond acceptors (Lipinski definition) is 3. The van der Waals surface area contributed by atoms with Crippen molar-refractivity contribution in [1.82, 2.24) is 9.88 Å². The number of aromatic nitrogens is 1. The van der Waals surface area contributed by atoms with Crippen LogP contribution in [0.1, 0.15) is 33.6 Å². The Morgan fingerprint density at radius 3 is 2.42 bits per heavy atom. The molecule has 3 rings (SSSR count). The fraction of sp³-hybridized carbons (Fsp3) is 0.235. The molecule has 0 spiro atoms. The Balaban J connectivity index is 1.76. The van der Waals surface area contributed by atoms with Crippen LogP contribution < -0.4 is 5.32 Å². The molecule has 24 heavy (non-hydrogen) atoms. The lowest BCUT2D eigenvalue weighted by Crippen LogP contribution is -2.28. The zero-order valence-electron chi connectivity index (χ0n) is 12.8. The summed E-state index contributed by atoms with van der Waals surface area (Å²) in [5.41, 5.74) is 0.620. The van der Waals surface area contributed by atoms with Gasteiger partial charge in [0.05, 0.1) is 11.1 Å². The average molecular weight is 331 g/mol. The van der Waals surface area contributed by atoms with Crippen LogP contribution in [0.25, 0.3) is 0 Å². The molecule has 2 heterocycles. The molecule has 2 aromatic rings. The van der Waals surface area contributed by atoms with Crippen molar-refractivity contribution in [3.8, 4) is 0 Å². The van der Waals surface area contributed by atoms with Crippen LogP contribution in [0.15, 0.2) is 36.7 Å². The van der Waals surface area contributed by atoms with Crippen molar-refractivity contribution in [2.24, 2.45) is 0 Å². The number of rotatable bonds is 3. The summed E-state index contributed by atoms with van der Waals surface area (Å²) >= 11 is 0. The SMILES string of the molecule is O=C(Nc1ccc(F)c(F)c1)c1cncc(C(=O)N2CCCC2)c1. The molecule has 1 aromatic carbocycles. The summed E-state index contributed by atoms with van der Waals surface area (Å²) < 4.78 is 26.1. The Kier molecular flexibility index (Phi) is 4.50. The number of amides is 2. The van der Waals surface area contributed by atoms with Gasteiger partial charge in [0, 0.05) is 37.2 Å². The zero-order valence-corrected chi connectivity index (χ0v) is 12.8. The minimum Gasteiger partial charge on any atom is -0.339 e. The van der Waals surface area contributed by atoms with E-state index in [9.17, 15) is 18.4 Å². The first-order chi connectivity index (χ1) is 11.5. The van der Waals surface area contributed by atoms with Crippen molar-refractivity contribution in [1.29, 1.82) is 0 Å². The number of pyridine rings is 1. The van der Waals surface area contributed by atoms with E-state index in [-0.39, 0.29) is 17.2 Å². The van der Waals surface area contributed by atoms with E-state index in [0.29, 0.717) is 18.7 Å². The third-order valence-corrected chi connectivity index (χ3v) is 3.82. The number of carbonyl (C=O) groups excluding carboxylic acids is 2. The number of benzene rings is 1. The number of halogens is 2. The third kappa shape index (κ3) is 3.40. The Hall–Kier alpha value is -2.83. The Bertz CT molecular complexity index is 789. The van der Waals surface area contributed by atoms with Crippen molar-refractivity contribution in [2.45, 2.75) is 12.8 Å². The molecule has 7 heteroatoms. The maximum absolute atomic E-state index is 13.2. The predicted molar refractivity (Wildman–Crippen MR) is 83.7 cm³/mol. The summed E-state index contributed by atoms with van der Waals surface area (Å²) in [6, 6.07) is 4.52. The Morgan fingerprint density at radius 2 is 1.71 bits per heavy atom. The first-order valence-corrected chi connectivity index (χ1v) is 7.55. The van der Waals surface area contributed by atoms with Crippen molar-refractivity contribution < 1.29 is 18.4 Å². The molecule has 0 radical (unpaired) electrons. The number of nitrogens with zero attached hydrogens (tertiary/aromatic N) is 2. The molecular formula is C17H15F2N3O2. The molecule has 1 aliphatic rings. The fourth-order valence-electron chi connectivity index (χ4n) is 2.56. The number of likely N-dealkylation sites (tertiary alicyclic amines) is 1. The highest BCUT2D eigenvalue weighted by Gasteiger charge is 2.20. The summed E-state index contributed by atoms with van der Waals surface area (Å²) in [6.45, 7) is 1.40. The summed E-state index contributed by atoms with van der Waals surface area (Å²) in [7, 11) is 0. The summed E-state index contributed by atoms with van der Waals surface area (Å²) in [5.74, 6) is -2.76. The van der Waals surface area contributed by atoms with Gasteiger partial charge in [-0.15, -0.1) is 0 Å². The van der Waals surface area contributed by atoms with E-state index in [1.54, 1.807) is 4.90 Å². The lowest BCUT2D eigenvalue weighted by molar-refractivity contribution is 0.0792. The van der Waals surface area contributed by atoms with Gasteiger partial charge in [0.2, 0.25) is 0 Å². The highest BCUT2D eigenvalue weighted by Crippen LogP contribution is 2.16. The topological polar surface area (TPSA) is 62.3 Å². The normalized spacial score (nSPS) is 13.8. The molecular weight excluding hydrogens is 316 g/mol. The molecule has 1 fully saturated rings. The zero-order chi connectivity index (χ0) is 17.1. The molecule has 0 atom stereocenters. The van der Waals surface area contributed by atoms with Crippen LogP contribution in [-0.2, 0) is 0 Å². The first kappa shape index (κ1) is 16.0. The highest BCUT2D eigenvalue weighted by atomic mass is 19.2. The maximum atomic E-state index is 13.2. The van der Waals surface area contributed by atoms with E-state index in [2.05, 4.69) is 10.3 Å². The van der Waals surface area contributed by atoms with Crippen LogP contribution in [0.4, 0.5) is 14.5 Å². The smallest absolute Gasteiger partial charge is 0.257 e. The van der Waals surface area contributed by atoms with Gasteiger partial charge in [-0.25, -0.2) is 8.78 Å². The molecule has 124 valence electrons. The second kappa shape index (κ2) is 6.74. The molecule has 0 aliphatic carbocycles. The van der Waals surface area contributed by atoms with Crippen molar-refractivity contribution in [3.05, 3.63) is 59.4 Å². The molecule has 1 N–H and O–H groups in total. The van der Waals surface area contributed by atoms with Crippen molar-refractivity contribution in [3.63, 3.8) is 0 Å². The van der Waals surface area contributed by atoms with E-state index >= 15 is 0 Å². The second-order valence-electron chi connectivity index (χ2n) is 5.54. The van der Waals surface area contributed by atoms with Gasteiger partial charge in [-0.3, -0.25) is 14.6 Å². The minimum absolute atomic E-state index is 0.121. The summed E-state index contributed by atoms with van der Waals surface area (Å²) in [4.78, 5) is 30.2. The molecule has 0 saturated carbocycles. The van der Waals surface area contributed by atoms with E-state index in [4.69, 9.17) is 0 Å². The Morgan fingerprint density at radius 1 is 1.00 bits per heavy atom. The van der Waals surface area contributed by atoms with Crippen LogP contribution in [0.3, 0.4) is 0 Å². The number of carbonyl (C=O) groups is 2. The van der Waals surface area contributed by atoms with Crippen LogP contribution in [0.5, 0.6) is 0 Å². The first-order valence-electron chi connectivity index (χ1n) is 7.55. The van der Waals surface area contributed by atoms with E-state index < -0.39 is 17.5 Å². The van der Waals surface area contributed by atoms with E-state index in [0.717, 1.165) is 25.0 Å². The Labute approximate surface area is 137 Å². The monoisotopic (exact) mass is 331 g/mol. The van der Waals surface area contributed by atoms with Gasteiger partial charge in [0.25, 0.3) is 11.8 Å². The van der Waals surface area contributed by atoms with Gasteiger partial charge < -0.3 is 10.2 Å². The molecule has 0 unspecified atom stereocenters. The molecule has 2 amide bonds. The van der Waals surface area contributed by atoms with E-state index in [1.807, 2.05) is 0 Å². The lowest BCUT2D eigenvalue weighted by atomic mass is 10.1. The minimum atomic E-state index is -1.05. The van der Waals surface area contributed by atoms with Gasteiger partial charge in [-0.2, -0.15) is 0 Å². The third-order valence-electron chi connectivity index (χ3n) is 3.82. The second-order valence-corrected chi connectivity index (χ2v) is 5.54. The van der Waals surface area contributed by atoms with Crippen molar-refractivity contribution in [2.75, 3.05) is 18.4 Å². The van der Waals surface area contributed by atoms with Crippen LogP contribution in [0, 0.1) is 11.6 Å². The van der Waals surface area contributed by atoms with Crippen LogP contribution >= 0.6 is 0 Å². The molecule has 1 aliphatic heterocycles. The number of hydrogen-bond donors (Lipinski definition) is 1. The summed E-state index contributed by atoms with van der Waals surface area (Å²) in [6.07, 6.45) is 4.66. The van der Waals surface area contributed by atoms with Gasteiger partial charge in [0.1, 0.15) is 0 Å².